The largest absolute Gasteiger partial charge is 0.308 e. The minimum Gasteiger partial charge on any atom is -0.237 e. The molecule has 0 saturated heterocycles. The Hall–Kier alpha value is -1.66. The van der Waals surface area contributed by atoms with E-state index in [0.717, 1.165) is 11.3 Å². The van der Waals surface area contributed by atoms with E-state index in [-0.39, 0.29) is 0 Å². The lowest BCUT2D eigenvalue weighted by Crippen LogP contribution is -2.29. The van der Waals surface area contributed by atoms with Gasteiger partial charge in [0.05, 0.1) is 5.69 Å². The fourth-order valence-electron chi connectivity index (χ4n) is 1.81. The van der Waals surface area contributed by atoms with Crippen molar-refractivity contribution in [3.05, 3.63) is 53.6 Å². The summed E-state index contributed by atoms with van der Waals surface area (Å²) in [5, 5.41) is 0. The Labute approximate surface area is 113 Å². The minimum absolute atomic E-state index is 0.472. The molecule has 1 heterocycles. The highest BCUT2D eigenvalue weighted by molar-refractivity contribution is 7.87. The molecule has 0 N–H and O–H groups in total. The highest BCUT2D eigenvalue weighted by atomic mass is 32.2. The van der Waals surface area contributed by atoms with Crippen LogP contribution in [0.15, 0.2) is 36.5 Å². The van der Waals surface area contributed by atoms with Gasteiger partial charge in [-0.1, -0.05) is 30.3 Å². The third kappa shape index (κ3) is 2.85. The number of hydrogen-bond acceptors (Lipinski definition) is 3. The molecule has 6 heteroatoms. The fraction of sp³-hybridized carbons (Fsp3) is 0.308. The van der Waals surface area contributed by atoms with Gasteiger partial charge in [0.1, 0.15) is 5.82 Å². The summed E-state index contributed by atoms with van der Waals surface area (Å²) >= 11 is 0. The van der Waals surface area contributed by atoms with Gasteiger partial charge in [-0.2, -0.15) is 12.7 Å². The van der Waals surface area contributed by atoms with Gasteiger partial charge in [-0.05, 0) is 12.5 Å². The van der Waals surface area contributed by atoms with Crippen LogP contribution in [-0.2, 0) is 16.6 Å². The van der Waals surface area contributed by atoms with Crippen molar-refractivity contribution >= 4 is 10.2 Å². The lowest BCUT2D eigenvalue weighted by molar-refractivity contribution is 0.509. The van der Waals surface area contributed by atoms with Gasteiger partial charge in [0.2, 0.25) is 0 Å². The molecule has 0 fully saturated rings. The maximum Gasteiger partial charge on any atom is 0.308 e. The molecular weight excluding hydrogens is 262 g/mol. The van der Waals surface area contributed by atoms with Gasteiger partial charge in [0.15, 0.2) is 0 Å². The molecule has 0 radical (unpaired) electrons. The molecule has 19 heavy (non-hydrogen) atoms. The summed E-state index contributed by atoms with van der Waals surface area (Å²) in [4.78, 5) is 4.31. The molecule has 2 aromatic rings. The van der Waals surface area contributed by atoms with Crippen LogP contribution in [0.2, 0.25) is 0 Å². The number of rotatable bonds is 4. The molecular formula is C13H17N3O2S. The van der Waals surface area contributed by atoms with Gasteiger partial charge < -0.3 is 0 Å². The summed E-state index contributed by atoms with van der Waals surface area (Å²) in [6.07, 6.45) is 2.20. The molecule has 0 bridgehead atoms. The Morgan fingerprint density at radius 3 is 2.42 bits per heavy atom. The SMILES string of the molecule is Cc1nc(Cc2ccccc2)cn1S(=O)(=O)N(C)C. The van der Waals surface area contributed by atoms with Gasteiger partial charge in [0, 0.05) is 26.7 Å². The Bertz CT molecular complexity index is 660. The third-order valence-corrected chi connectivity index (χ3v) is 4.62. The first kappa shape index (κ1) is 13.8. The molecule has 2 rings (SSSR count). The number of aryl methyl sites for hydroxylation is 1. The van der Waals surface area contributed by atoms with E-state index in [1.807, 2.05) is 30.3 Å². The van der Waals surface area contributed by atoms with Gasteiger partial charge >= 0.3 is 10.2 Å². The smallest absolute Gasteiger partial charge is 0.237 e. The highest BCUT2D eigenvalue weighted by Gasteiger charge is 2.19. The van der Waals surface area contributed by atoms with Crippen molar-refractivity contribution < 1.29 is 8.42 Å². The average Bonchev–Trinajstić information content (AvgIpc) is 2.72. The number of aromatic nitrogens is 2. The first-order valence-electron chi connectivity index (χ1n) is 5.93. The topological polar surface area (TPSA) is 55.2 Å². The van der Waals surface area contributed by atoms with Crippen molar-refractivity contribution in [3.63, 3.8) is 0 Å². The van der Waals surface area contributed by atoms with Crippen LogP contribution in [0.3, 0.4) is 0 Å². The van der Waals surface area contributed by atoms with Crippen LogP contribution in [0, 0.1) is 6.92 Å². The van der Waals surface area contributed by atoms with E-state index in [2.05, 4.69) is 4.98 Å². The second-order valence-electron chi connectivity index (χ2n) is 4.53. The summed E-state index contributed by atoms with van der Waals surface area (Å²) in [7, 11) is -0.480. The highest BCUT2D eigenvalue weighted by Crippen LogP contribution is 2.12. The predicted octanol–water partition coefficient (Wildman–Crippen LogP) is 1.44. The standard InChI is InChI=1S/C13H17N3O2S/c1-11-14-13(9-12-7-5-4-6-8-12)10-16(11)19(17,18)15(2)3/h4-8,10H,9H2,1-3H3. The van der Waals surface area contributed by atoms with Crippen molar-refractivity contribution in [1.82, 2.24) is 13.3 Å². The van der Waals surface area contributed by atoms with E-state index < -0.39 is 10.2 Å². The van der Waals surface area contributed by atoms with Crippen LogP contribution in [-0.4, -0.2) is 35.8 Å². The molecule has 0 unspecified atom stereocenters. The Morgan fingerprint density at radius 1 is 1.21 bits per heavy atom. The van der Waals surface area contributed by atoms with Gasteiger partial charge in [-0.25, -0.2) is 8.96 Å². The van der Waals surface area contributed by atoms with E-state index in [1.165, 1.54) is 22.4 Å². The zero-order valence-corrected chi connectivity index (χ0v) is 12.1. The van der Waals surface area contributed by atoms with E-state index in [9.17, 15) is 8.42 Å². The first-order valence-corrected chi connectivity index (χ1v) is 7.33. The lowest BCUT2D eigenvalue weighted by atomic mass is 10.1. The predicted molar refractivity (Wildman–Crippen MR) is 74.2 cm³/mol. The van der Waals surface area contributed by atoms with E-state index in [0.29, 0.717) is 12.2 Å². The Morgan fingerprint density at radius 2 is 1.84 bits per heavy atom. The van der Waals surface area contributed by atoms with Gasteiger partial charge in [0.25, 0.3) is 0 Å². The maximum absolute atomic E-state index is 12.1. The summed E-state index contributed by atoms with van der Waals surface area (Å²) in [6, 6.07) is 9.85. The first-order chi connectivity index (χ1) is 8.91. The second kappa shape index (κ2) is 5.14. The van der Waals surface area contributed by atoms with Crippen LogP contribution >= 0.6 is 0 Å². The van der Waals surface area contributed by atoms with E-state index in [1.54, 1.807) is 13.1 Å². The maximum atomic E-state index is 12.1. The molecule has 0 aliphatic heterocycles. The van der Waals surface area contributed by atoms with Crippen molar-refractivity contribution in [3.8, 4) is 0 Å². The van der Waals surface area contributed by atoms with Crippen LogP contribution in [0.25, 0.3) is 0 Å². The Balaban J connectivity index is 2.32. The minimum atomic E-state index is -3.49. The molecule has 0 spiro atoms. The molecule has 0 amide bonds. The molecule has 1 aromatic carbocycles. The molecule has 5 nitrogen and oxygen atoms in total. The van der Waals surface area contributed by atoms with E-state index in [4.69, 9.17) is 0 Å². The zero-order valence-electron chi connectivity index (χ0n) is 11.2. The lowest BCUT2D eigenvalue weighted by Gasteiger charge is -2.12. The summed E-state index contributed by atoms with van der Waals surface area (Å²) in [5.41, 5.74) is 1.85. The third-order valence-electron chi connectivity index (χ3n) is 2.83. The zero-order chi connectivity index (χ0) is 14.0. The summed E-state index contributed by atoms with van der Waals surface area (Å²) < 4.78 is 26.5. The van der Waals surface area contributed by atoms with Crippen LogP contribution < -0.4 is 0 Å². The van der Waals surface area contributed by atoms with Gasteiger partial charge in [-0.3, -0.25) is 0 Å². The Kier molecular flexibility index (Phi) is 3.73. The number of benzene rings is 1. The number of imidazole rings is 1. The quantitative estimate of drug-likeness (QED) is 0.851. The van der Waals surface area contributed by atoms with Crippen molar-refractivity contribution in [2.24, 2.45) is 0 Å². The fourth-order valence-corrected chi connectivity index (χ4v) is 2.80. The number of hydrogen-bond donors (Lipinski definition) is 0. The van der Waals surface area contributed by atoms with Crippen LogP contribution in [0.1, 0.15) is 17.1 Å². The summed E-state index contributed by atoms with van der Waals surface area (Å²) in [5.74, 6) is 0.472. The molecule has 1 aromatic heterocycles. The molecule has 0 aliphatic rings. The van der Waals surface area contributed by atoms with Crippen molar-refractivity contribution in [2.75, 3.05) is 14.1 Å². The molecule has 0 atom stereocenters. The van der Waals surface area contributed by atoms with Crippen LogP contribution in [0.4, 0.5) is 0 Å². The van der Waals surface area contributed by atoms with Crippen molar-refractivity contribution in [1.29, 1.82) is 0 Å². The molecule has 0 saturated carbocycles. The monoisotopic (exact) mass is 279 g/mol. The normalized spacial score (nSPS) is 12.0. The second-order valence-corrected chi connectivity index (χ2v) is 6.55. The molecule has 102 valence electrons. The number of nitrogens with zero attached hydrogens (tertiary/aromatic N) is 3. The van der Waals surface area contributed by atoms with Gasteiger partial charge in [-0.15, -0.1) is 0 Å². The summed E-state index contributed by atoms with van der Waals surface area (Å²) in [6.45, 7) is 1.69. The average molecular weight is 279 g/mol. The van der Waals surface area contributed by atoms with Crippen molar-refractivity contribution in [2.45, 2.75) is 13.3 Å². The van der Waals surface area contributed by atoms with E-state index >= 15 is 0 Å². The van der Waals surface area contributed by atoms with Crippen LogP contribution in [0.5, 0.6) is 0 Å². The molecule has 0 aliphatic carbocycles.